The first-order chi connectivity index (χ1) is 15.6. The highest BCUT2D eigenvalue weighted by molar-refractivity contribution is 7.99. The van der Waals surface area contributed by atoms with Crippen molar-refractivity contribution in [1.29, 1.82) is 0 Å². The number of aromatic amines is 1. The highest BCUT2D eigenvalue weighted by Gasteiger charge is 2.14. The van der Waals surface area contributed by atoms with Crippen molar-refractivity contribution in [3.8, 4) is 0 Å². The highest BCUT2D eigenvalue weighted by Crippen LogP contribution is 2.20. The number of rotatable bonds is 8. The number of nitrogens with zero attached hydrogens (tertiary/aromatic N) is 2. The van der Waals surface area contributed by atoms with Crippen molar-refractivity contribution in [3.05, 3.63) is 88.1 Å². The number of nitrogens with one attached hydrogen (secondary N) is 3. The fourth-order valence-electron chi connectivity index (χ4n) is 2.84. The zero-order valence-electron chi connectivity index (χ0n) is 16.7. The number of para-hydroxylation sites is 1. The van der Waals surface area contributed by atoms with Gasteiger partial charge in [0.05, 0.1) is 17.0 Å². The SMILES string of the molecule is O=C(CSc1n[nH]c(Cc2cccs2)n1)Nc1ccccc1C(=O)Nc1ccc(F)cc1. The van der Waals surface area contributed by atoms with Crippen molar-refractivity contribution in [2.45, 2.75) is 11.6 Å². The van der Waals surface area contributed by atoms with Crippen LogP contribution in [0.3, 0.4) is 0 Å². The summed E-state index contributed by atoms with van der Waals surface area (Å²) in [6.07, 6.45) is 0.661. The first-order valence-electron chi connectivity index (χ1n) is 9.59. The van der Waals surface area contributed by atoms with Crippen LogP contribution in [0.2, 0.25) is 0 Å². The van der Waals surface area contributed by atoms with Crippen LogP contribution >= 0.6 is 23.1 Å². The lowest BCUT2D eigenvalue weighted by atomic mass is 10.1. The zero-order chi connectivity index (χ0) is 22.3. The molecule has 2 aromatic carbocycles. The molecular weight excluding hydrogens is 449 g/mol. The smallest absolute Gasteiger partial charge is 0.257 e. The molecule has 0 atom stereocenters. The van der Waals surface area contributed by atoms with E-state index in [1.54, 1.807) is 35.6 Å². The molecule has 4 aromatic rings. The molecule has 0 unspecified atom stereocenters. The predicted octanol–water partition coefficient (Wildman–Crippen LogP) is 4.58. The number of thioether (sulfide) groups is 1. The van der Waals surface area contributed by atoms with E-state index >= 15 is 0 Å². The molecule has 0 aliphatic rings. The van der Waals surface area contributed by atoms with Gasteiger partial charge < -0.3 is 10.6 Å². The van der Waals surface area contributed by atoms with Crippen LogP contribution in [-0.4, -0.2) is 32.7 Å². The first kappa shape index (κ1) is 21.7. The summed E-state index contributed by atoms with van der Waals surface area (Å²) in [5.74, 6) is -0.269. The van der Waals surface area contributed by atoms with Crippen molar-refractivity contribution < 1.29 is 14.0 Å². The lowest BCUT2D eigenvalue weighted by Gasteiger charge is -2.11. The Morgan fingerprint density at radius 1 is 1.03 bits per heavy atom. The van der Waals surface area contributed by atoms with E-state index in [1.807, 2.05) is 17.5 Å². The average Bonchev–Trinajstić information content (AvgIpc) is 3.47. The Kier molecular flexibility index (Phi) is 6.93. The van der Waals surface area contributed by atoms with E-state index < -0.39 is 11.7 Å². The zero-order valence-corrected chi connectivity index (χ0v) is 18.3. The quantitative estimate of drug-likeness (QED) is 0.330. The first-order valence-corrected chi connectivity index (χ1v) is 11.5. The molecule has 0 fully saturated rings. The van der Waals surface area contributed by atoms with Gasteiger partial charge in [0, 0.05) is 17.0 Å². The third-order valence-corrected chi connectivity index (χ3v) is 6.04. The van der Waals surface area contributed by atoms with E-state index in [4.69, 9.17) is 0 Å². The van der Waals surface area contributed by atoms with Crippen molar-refractivity contribution >= 4 is 46.3 Å². The fourth-order valence-corrected chi connectivity index (χ4v) is 4.16. The van der Waals surface area contributed by atoms with Gasteiger partial charge >= 0.3 is 0 Å². The van der Waals surface area contributed by atoms with E-state index in [0.29, 0.717) is 28.5 Å². The highest BCUT2D eigenvalue weighted by atomic mass is 32.2. The van der Waals surface area contributed by atoms with Crippen molar-refractivity contribution in [2.24, 2.45) is 0 Å². The maximum absolute atomic E-state index is 13.1. The Morgan fingerprint density at radius 3 is 2.62 bits per heavy atom. The molecule has 4 rings (SSSR count). The number of H-pyrrole nitrogens is 1. The molecule has 3 N–H and O–H groups in total. The number of thiophene rings is 1. The lowest BCUT2D eigenvalue weighted by molar-refractivity contribution is -0.113. The van der Waals surface area contributed by atoms with Crippen LogP contribution in [0.1, 0.15) is 21.1 Å². The Morgan fingerprint density at radius 2 is 1.84 bits per heavy atom. The molecule has 0 aliphatic carbocycles. The van der Waals surface area contributed by atoms with E-state index in [0.717, 1.165) is 5.82 Å². The molecule has 0 aliphatic heterocycles. The fraction of sp³-hybridized carbons (Fsp3) is 0.0909. The Hall–Kier alpha value is -3.50. The number of amides is 2. The summed E-state index contributed by atoms with van der Waals surface area (Å²) >= 11 is 2.84. The maximum Gasteiger partial charge on any atom is 0.257 e. The largest absolute Gasteiger partial charge is 0.325 e. The Bertz CT molecular complexity index is 1210. The minimum atomic E-state index is -0.410. The predicted molar refractivity (Wildman–Crippen MR) is 124 cm³/mol. The number of carbonyl (C=O) groups excluding carboxylic acids is 2. The Balaban J connectivity index is 1.34. The van der Waals surface area contributed by atoms with Crippen molar-refractivity contribution in [1.82, 2.24) is 15.2 Å². The molecule has 2 amide bonds. The second kappa shape index (κ2) is 10.2. The van der Waals surface area contributed by atoms with E-state index in [-0.39, 0.29) is 11.7 Å². The van der Waals surface area contributed by atoms with Gasteiger partial charge in [0.2, 0.25) is 11.1 Å². The summed E-state index contributed by atoms with van der Waals surface area (Å²) in [4.78, 5) is 30.6. The monoisotopic (exact) mass is 467 g/mol. The lowest BCUT2D eigenvalue weighted by Crippen LogP contribution is -2.19. The number of carbonyl (C=O) groups is 2. The van der Waals surface area contributed by atoms with Gasteiger partial charge in [-0.3, -0.25) is 14.7 Å². The number of halogens is 1. The second-order valence-corrected chi connectivity index (χ2v) is 8.64. The number of hydrogen-bond donors (Lipinski definition) is 3. The van der Waals surface area contributed by atoms with Gasteiger partial charge in [-0.15, -0.1) is 16.4 Å². The van der Waals surface area contributed by atoms with Crippen LogP contribution in [0.25, 0.3) is 0 Å². The van der Waals surface area contributed by atoms with E-state index in [1.165, 1.54) is 40.9 Å². The van der Waals surface area contributed by atoms with Gasteiger partial charge in [-0.25, -0.2) is 9.37 Å². The number of benzene rings is 2. The molecule has 10 heteroatoms. The number of aromatic nitrogens is 3. The summed E-state index contributed by atoms with van der Waals surface area (Å²) in [6.45, 7) is 0. The normalized spacial score (nSPS) is 10.7. The standard InChI is InChI=1S/C22H18FN5O2S2/c23-14-7-9-15(10-8-14)24-21(30)17-5-1-2-6-18(17)25-20(29)13-32-22-26-19(27-28-22)12-16-4-3-11-31-16/h1-11H,12-13H2,(H,24,30)(H,25,29)(H,26,27,28). The maximum atomic E-state index is 13.1. The van der Waals surface area contributed by atoms with Gasteiger partial charge in [-0.05, 0) is 47.8 Å². The van der Waals surface area contributed by atoms with Crippen LogP contribution in [0.15, 0.2) is 71.2 Å². The summed E-state index contributed by atoms with van der Waals surface area (Å²) in [6, 6.07) is 16.1. The molecule has 0 radical (unpaired) electrons. The molecule has 0 bridgehead atoms. The summed E-state index contributed by atoms with van der Waals surface area (Å²) < 4.78 is 13.1. The second-order valence-electron chi connectivity index (χ2n) is 6.66. The van der Waals surface area contributed by atoms with Crippen LogP contribution in [0, 0.1) is 5.82 Å². The van der Waals surface area contributed by atoms with Crippen LogP contribution in [-0.2, 0) is 11.2 Å². The summed E-state index contributed by atoms with van der Waals surface area (Å²) in [7, 11) is 0. The molecule has 0 spiro atoms. The van der Waals surface area contributed by atoms with Crippen LogP contribution in [0.4, 0.5) is 15.8 Å². The number of anilines is 2. The topological polar surface area (TPSA) is 99.8 Å². The molecule has 0 saturated heterocycles. The summed E-state index contributed by atoms with van der Waals surface area (Å²) in [5, 5.41) is 15.0. The van der Waals surface area contributed by atoms with Gasteiger partial charge in [0.1, 0.15) is 11.6 Å². The summed E-state index contributed by atoms with van der Waals surface area (Å²) in [5.41, 5.74) is 1.13. The molecule has 32 heavy (non-hydrogen) atoms. The van der Waals surface area contributed by atoms with E-state index in [2.05, 4.69) is 25.8 Å². The minimum Gasteiger partial charge on any atom is -0.325 e. The van der Waals surface area contributed by atoms with Gasteiger partial charge in [0.25, 0.3) is 5.91 Å². The van der Waals surface area contributed by atoms with Crippen molar-refractivity contribution in [2.75, 3.05) is 16.4 Å². The van der Waals surface area contributed by atoms with Crippen molar-refractivity contribution in [3.63, 3.8) is 0 Å². The van der Waals surface area contributed by atoms with Gasteiger partial charge in [-0.1, -0.05) is 30.0 Å². The number of hydrogen-bond acceptors (Lipinski definition) is 6. The molecule has 2 aromatic heterocycles. The molecular formula is C22H18FN5O2S2. The van der Waals surface area contributed by atoms with Crippen LogP contribution in [0.5, 0.6) is 0 Å². The minimum absolute atomic E-state index is 0.0875. The molecule has 0 saturated carbocycles. The third-order valence-electron chi connectivity index (χ3n) is 4.31. The Labute approximate surface area is 191 Å². The van der Waals surface area contributed by atoms with Crippen LogP contribution < -0.4 is 10.6 Å². The molecule has 7 nitrogen and oxygen atoms in total. The molecule has 162 valence electrons. The average molecular weight is 468 g/mol. The van der Waals surface area contributed by atoms with Gasteiger partial charge in [-0.2, -0.15) is 0 Å². The third kappa shape index (κ3) is 5.80. The van der Waals surface area contributed by atoms with E-state index in [9.17, 15) is 14.0 Å². The van der Waals surface area contributed by atoms with Gasteiger partial charge in [0.15, 0.2) is 0 Å². The molecule has 2 heterocycles.